The first-order valence-electron chi connectivity index (χ1n) is 10.7. The Morgan fingerprint density at radius 2 is 1.47 bits per heavy atom. The molecule has 0 spiro atoms. The first-order chi connectivity index (χ1) is 15.5. The van der Waals surface area contributed by atoms with Crippen LogP contribution in [0.1, 0.15) is 22.5 Å². The van der Waals surface area contributed by atoms with Gasteiger partial charge in [0.2, 0.25) is 11.9 Å². The zero-order chi connectivity index (χ0) is 22.2. The van der Waals surface area contributed by atoms with E-state index in [1.807, 2.05) is 26.1 Å². The molecule has 32 heavy (non-hydrogen) atoms. The number of hydrogen-bond acceptors (Lipinski definition) is 4. The highest BCUT2D eigenvalue weighted by molar-refractivity contribution is 5.87. The number of benzene rings is 3. The molecule has 2 aromatic heterocycles. The van der Waals surface area contributed by atoms with Gasteiger partial charge in [-0.1, -0.05) is 42.5 Å². The maximum Gasteiger partial charge on any atom is 0.229 e. The summed E-state index contributed by atoms with van der Waals surface area (Å²) in [6, 6.07) is 23.3. The third-order valence-corrected chi connectivity index (χ3v) is 5.76. The molecule has 0 aliphatic heterocycles. The summed E-state index contributed by atoms with van der Waals surface area (Å²) in [5.74, 6) is 1.23. The van der Waals surface area contributed by atoms with E-state index in [1.165, 1.54) is 21.9 Å². The lowest BCUT2D eigenvalue weighted by Crippen LogP contribution is -2.07. The molecular weight excluding hydrogens is 394 g/mol. The summed E-state index contributed by atoms with van der Waals surface area (Å²) in [7, 11) is 0. The molecule has 3 aromatic carbocycles. The van der Waals surface area contributed by atoms with Crippen LogP contribution in [-0.2, 0) is 0 Å². The van der Waals surface area contributed by atoms with Gasteiger partial charge in [0.25, 0.3) is 0 Å². The van der Waals surface area contributed by atoms with Crippen LogP contribution < -0.4 is 5.32 Å². The van der Waals surface area contributed by atoms with Crippen molar-refractivity contribution in [2.45, 2.75) is 27.7 Å². The first-order valence-corrected chi connectivity index (χ1v) is 10.7. The lowest BCUT2D eigenvalue weighted by molar-refractivity contribution is 1.02. The van der Waals surface area contributed by atoms with E-state index < -0.39 is 0 Å². The molecule has 0 amide bonds. The van der Waals surface area contributed by atoms with Crippen LogP contribution in [0.15, 0.2) is 72.9 Å². The Labute approximate surface area is 187 Å². The van der Waals surface area contributed by atoms with E-state index in [-0.39, 0.29) is 0 Å². The van der Waals surface area contributed by atoms with E-state index in [9.17, 15) is 0 Å². The largest absolute Gasteiger partial charge is 0.294 e. The number of hydrogen-bond donors (Lipinski definition) is 1. The van der Waals surface area contributed by atoms with E-state index in [0.717, 1.165) is 28.3 Å². The minimum absolute atomic E-state index is 0.545. The molecule has 0 aliphatic rings. The van der Waals surface area contributed by atoms with Crippen molar-refractivity contribution in [3.8, 4) is 16.9 Å². The smallest absolute Gasteiger partial charge is 0.229 e. The van der Waals surface area contributed by atoms with Crippen LogP contribution in [0.2, 0.25) is 0 Å². The van der Waals surface area contributed by atoms with Crippen LogP contribution in [0.25, 0.3) is 27.7 Å². The molecule has 0 fully saturated rings. The Morgan fingerprint density at radius 1 is 0.719 bits per heavy atom. The van der Waals surface area contributed by atoms with Gasteiger partial charge in [-0.2, -0.15) is 0 Å². The summed E-state index contributed by atoms with van der Waals surface area (Å²) in [5, 5.41) is 5.76. The van der Waals surface area contributed by atoms with Gasteiger partial charge >= 0.3 is 0 Å². The van der Waals surface area contributed by atoms with Gasteiger partial charge in [0, 0.05) is 22.6 Å². The fourth-order valence-electron chi connectivity index (χ4n) is 4.00. The second-order valence-corrected chi connectivity index (χ2v) is 8.23. The highest BCUT2D eigenvalue weighted by Gasteiger charge is 2.16. The number of aryl methyl sites for hydroxylation is 4. The third kappa shape index (κ3) is 3.73. The van der Waals surface area contributed by atoms with Crippen LogP contribution in [0.3, 0.4) is 0 Å². The fraction of sp³-hybridized carbons (Fsp3) is 0.148. The molecule has 5 rings (SSSR count). The molecule has 2 heterocycles. The number of fused-ring (bicyclic) bond motifs is 1. The van der Waals surface area contributed by atoms with Crippen LogP contribution in [-0.4, -0.2) is 19.5 Å². The molecule has 5 nitrogen and oxygen atoms in total. The Kier molecular flexibility index (Phi) is 4.94. The van der Waals surface area contributed by atoms with Crippen LogP contribution in [0.4, 0.5) is 11.9 Å². The molecule has 5 aromatic rings. The summed E-state index contributed by atoms with van der Waals surface area (Å²) in [4.78, 5) is 13.8. The summed E-state index contributed by atoms with van der Waals surface area (Å²) < 4.78 is 2.14. The van der Waals surface area contributed by atoms with Crippen molar-refractivity contribution in [2.24, 2.45) is 0 Å². The highest BCUT2D eigenvalue weighted by atomic mass is 15.3. The van der Waals surface area contributed by atoms with Gasteiger partial charge in [0.15, 0.2) is 0 Å². The van der Waals surface area contributed by atoms with Gasteiger partial charge in [0.05, 0.1) is 11.9 Å². The molecule has 0 unspecified atom stereocenters. The highest BCUT2D eigenvalue weighted by Crippen LogP contribution is 2.31. The molecule has 0 radical (unpaired) electrons. The van der Waals surface area contributed by atoms with Crippen molar-refractivity contribution in [1.82, 2.24) is 19.5 Å². The van der Waals surface area contributed by atoms with E-state index in [4.69, 9.17) is 4.98 Å². The lowest BCUT2D eigenvalue weighted by atomic mass is 10.0. The van der Waals surface area contributed by atoms with E-state index in [1.54, 1.807) is 0 Å². The standard InChI is InChI=1S/C27H25N5/c1-17-9-12-24(13-18(17)2)32-25(23-11-10-21-7-5-6-8-22(21)15-23)16-28-27(32)31-26-29-19(3)14-20(4)30-26/h5-16H,1-4H3,(H,28,29,30,31). The van der Waals surface area contributed by atoms with Crippen molar-refractivity contribution >= 4 is 22.7 Å². The summed E-state index contributed by atoms with van der Waals surface area (Å²) in [6.07, 6.45) is 1.91. The number of rotatable bonds is 4. The van der Waals surface area contributed by atoms with Gasteiger partial charge in [-0.05, 0) is 73.9 Å². The average Bonchev–Trinajstić information content (AvgIpc) is 3.18. The minimum Gasteiger partial charge on any atom is -0.294 e. The predicted octanol–water partition coefficient (Wildman–Crippen LogP) is 6.46. The molecule has 0 bridgehead atoms. The van der Waals surface area contributed by atoms with Crippen LogP contribution in [0.5, 0.6) is 0 Å². The Bertz CT molecular complexity index is 1430. The number of nitrogens with one attached hydrogen (secondary N) is 1. The molecule has 1 N–H and O–H groups in total. The maximum atomic E-state index is 4.73. The van der Waals surface area contributed by atoms with Gasteiger partial charge in [-0.15, -0.1) is 0 Å². The fourth-order valence-corrected chi connectivity index (χ4v) is 4.00. The van der Waals surface area contributed by atoms with Crippen molar-refractivity contribution < 1.29 is 0 Å². The normalized spacial score (nSPS) is 11.1. The van der Waals surface area contributed by atoms with Crippen molar-refractivity contribution in [2.75, 3.05) is 5.32 Å². The SMILES string of the molecule is Cc1cc(C)nc(Nc2ncc(-c3ccc4ccccc4c3)n2-c2ccc(C)c(C)c2)n1. The zero-order valence-electron chi connectivity index (χ0n) is 18.7. The third-order valence-electron chi connectivity index (χ3n) is 5.76. The number of imidazole rings is 1. The van der Waals surface area contributed by atoms with Gasteiger partial charge < -0.3 is 0 Å². The molecule has 0 atom stereocenters. The van der Waals surface area contributed by atoms with E-state index in [2.05, 4.69) is 94.4 Å². The van der Waals surface area contributed by atoms with Crippen molar-refractivity contribution in [3.05, 3.63) is 95.4 Å². The summed E-state index contributed by atoms with van der Waals surface area (Å²) in [5.41, 5.74) is 7.47. The van der Waals surface area contributed by atoms with Crippen LogP contribution >= 0.6 is 0 Å². The maximum absolute atomic E-state index is 4.73. The van der Waals surface area contributed by atoms with Crippen molar-refractivity contribution in [1.29, 1.82) is 0 Å². The molecule has 0 saturated heterocycles. The molecule has 5 heteroatoms. The number of aromatic nitrogens is 4. The second-order valence-electron chi connectivity index (χ2n) is 8.23. The zero-order valence-corrected chi connectivity index (χ0v) is 18.7. The van der Waals surface area contributed by atoms with Gasteiger partial charge in [-0.25, -0.2) is 15.0 Å². The van der Waals surface area contributed by atoms with Crippen LogP contribution in [0, 0.1) is 27.7 Å². The first kappa shape index (κ1) is 19.9. The minimum atomic E-state index is 0.545. The van der Waals surface area contributed by atoms with Gasteiger partial charge in [-0.3, -0.25) is 9.88 Å². The number of anilines is 2. The average molecular weight is 420 g/mol. The van der Waals surface area contributed by atoms with E-state index >= 15 is 0 Å². The monoisotopic (exact) mass is 419 g/mol. The lowest BCUT2D eigenvalue weighted by Gasteiger charge is -2.15. The quantitative estimate of drug-likeness (QED) is 0.363. The topological polar surface area (TPSA) is 55.6 Å². The Balaban J connectivity index is 1.68. The molecule has 0 saturated carbocycles. The van der Waals surface area contributed by atoms with Crippen molar-refractivity contribution in [3.63, 3.8) is 0 Å². The Hall–Kier alpha value is -3.99. The molecule has 158 valence electrons. The number of nitrogens with zero attached hydrogens (tertiary/aromatic N) is 4. The molecule has 0 aliphatic carbocycles. The Morgan fingerprint density at radius 3 is 2.22 bits per heavy atom. The summed E-state index contributed by atoms with van der Waals surface area (Å²) >= 11 is 0. The van der Waals surface area contributed by atoms with Gasteiger partial charge in [0.1, 0.15) is 0 Å². The second kappa shape index (κ2) is 7.93. The molecular formula is C27H25N5. The summed E-state index contributed by atoms with van der Waals surface area (Å²) in [6.45, 7) is 8.19. The predicted molar refractivity (Wildman–Crippen MR) is 131 cm³/mol. The van der Waals surface area contributed by atoms with E-state index in [0.29, 0.717) is 11.9 Å².